The highest BCUT2D eigenvalue weighted by molar-refractivity contribution is 5.69. The maximum Gasteiger partial charge on any atom is 0.410 e. The van der Waals surface area contributed by atoms with Crippen molar-refractivity contribution < 1.29 is 9.53 Å². The Morgan fingerprint density at radius 3 is 2.67 bits per heavy atom. The third kappa shape index (κ3) is 2.25. The minimum absolute atomic E-state index is 0.154. The molecule has 1 saturated heterocycles. The number of carbonyl (C=O) groups excluding carboxylic acids is 1. The van der Waals surface area contributed by atoms with Crippen molar-refractivity contribution in [1.29, 1.82) is 0 Å². The SMILES string of the molecule is CC(C)(C)OC(=O)N1CCN[C@@H]2CC[C@@H]21. The first-order valence-corrected chi connectivity index (χ1v) is 5.70. The summed E-state index contributed by atoms with van der Waals surface area (Å²) in [4.78, 5) is 13.8. The smallest absolute Gasteiger partial charge is 0.410 e. The number of rotatable bonds is 0. The van der Waals surface area contributed by atoms with Crippen LogP contribution in [-0.4, -0.2) is 41.8 Å². The average molecular weight is 212 g/mol. The van der Waals surface area contributed by atoms with Crippen LogP contribution in [0.15, 0.2) is 0 Å². The van der Waals surface area contributed by atoms with E-state index in [2.05, 4.69) is 5.32 Å². The average Bonchev–Trinajstić information content (AvgIpc) is 2.03. The van der Waals surface area contributed by atoms with E-state index in [4.69, 9.17) is 4.74 Å². The van der Waals surface area contributed by atoms with Gasteiger partial charge in [-0.2, -0.15) is 0 Å². The van der Waals surface area contributed by atoms with Gasteiger partial charge < -0.3 is 15.0 Å². The fourth-order valence-corrected chi connectivity index (χ4v) is 2.18. The lowest BCUT2D eigenvalue weighted by Crippen LogP contribution is -2.65. The van der Waals surface area contributed by atoms with Gasteiger partial charge in [-0.15, -0.1) is 0 Å². The molecule has 1 saturated carbocycles. The van der Waals surface area contributed by atoms with Gasteiger partial charge in [0.1, 0.15) is 5.60 Å². The zero-order valence-electron chi connectivity index (χ0n) is 9.75. The van der Waals surface area contributed by atoms with E-state index in [0.717, 1.165) is 19.5 Å². The first-order chi connectivity index (χ1) is 6.97. The fraction of sp³-hybridized carbons (Fsp3) is 0.909. The van der Waals surface area contributed by atoms with Crippen molar-refractivity contribution in [2.75, 3.05) is 13.1 Å². The highest BCUT2D eigenvalue weighted by atomic mass is 16.6. The number of nitrogens with one attached hydrogen (secondary N) is 1. The molecular weight excluding hydrogens is 192 g/mol. The monoisotopic (exact) mass is 212 g/mol. The minimum atomic E-state index is -0.388. The number of ether oxygens (including phenoxy) is 1. The Labute approximate surface area is 91.0 Å². The van der Waals surface area contributed by atoms with Crippen molar-refractivity contribution >= 4 is 6.09 Å². The van der Waals surface area contributed by atoms with Crippen LogP contribution in [0.2, 0.25) is 0 Å². The Kier molecular flexibility index (Phi) is 2.63. The molecule has 0 aromatic rings. The highest BCUT2D eigenvalue weighted by Gasteiger charge is 2.41. The van der Waals surface area contributed by atoms with Crippen LogP contribution >= 0.6 is 0 Å². The van der Waals surface area contributed by atoms with Crippen LogP contribution in [0.5, 0.6) is 0 Å². The fourth-order valence-electron chi connectivity index (χ4n) is 2.18. The quantitative estimate of drug-likeness (QED) is 0.659. The van der Waals surface area contributed by atoms with Crippen molar-refractivity contribution in [3.63, 3.8) is 0 Å². The largest absolute Gasteiger partial charge is 0.444 e. The van der Waals surface area contributed by atoms with Crippen LogP contribution in [0.3, 0.4) is 0 Å². The predicted molar refractivity (Wildman–Crippen MR) is 57.8 cm³/mol. The number of carbonyl (C=O) groups is 1. The Morgan fingerprint density at radius 2 is 2.13 bits per heavy atom. The lowest BCUT2D eigenvalue weighted by molar-refractivity contribution is -0.0104. The number of hydrogen-bond donors (Lipinski definition) is 1. The molecule has 1 N–H and O–H groups in total. The van der Waals surface area contributed by atoms with E-state index in [9.17, 15) is 4.79 Å². The standard InChI is InChI=1S/C11H20N2O2/c1-11(2,3)15-10(14)13-7-6-12-8-4-5-9(8)13/h8-9,12H,4-7H2,1-3H3/t8-,9+/m1/s1. The third-order valence-corrected chi connectivity index (χ3v) is 3.03. The molecule has 2 rings (SSSR count). The molecule has 86 valence electrons. The van der Waals surface area contributed by atoms with E-state index in [0.29, 0.717) is 12.1 Å². The molecule has 15 heavy (non-hydrogen) atoms. The number of piperazine rings is 1. The van der Waals surface area contributed by atoms with Crippen LogP contribution < -0.4 is 5.32 Å². The molecule has 1 aliphatic carbocycles. The summed E-state index contributed by atoms with van der Waals surface area (Å²) in [7, 11) is 0. The summed E-state index contributed by atoms with van der Waals surface area (Å²) in [6.45, 7) is 7.39. The van der Waals surface area contributed by atoms with Gasteiger partial charge in [-0.05, 0) is 33.6 Å². The normalized spacial score (nSPS) is 30.5. The molecular formula is C11H20N2O2. The molecule has 0 aromatic heterocycles. The summed E-state index contributed by atoms with van der Waals surface area (Å²) in [5, 5.41) is 3.42. The second kappa shape index (κ2) is 3.67. The van der Waals surface area contributed by atoms with Crippen LogP contribution in [0, 0.1) is 0 Å². The third-order valence-electron chi connectivity index (χ3n) is 3.03. The zero-order chi connectivity index (χ0) is 11.1. The lowest BCUT2D eigenvalue weighted by Gasteiger charge is -2.48. The number of amides is 1. The van der Waals surface area contributed by atoms with Gasteiger partial charge in [0.05, 0.1) is 6.04 Å². The summed E-state index contributed by atoms with van der Waals surface area (Å²) in [5.74, 6) is 0. The maximum atomic E-state index is 11.9. The van der Waals surface area contributed by atoms with E-state index >= 15 is 0 Å². The van der Waals surface area contributed by atoms with Gasteiger partial charge in [-0.1, -0.05) is 0 Å². The van der Waals surface area contributed by atoms with Crippen molar-refractivity contribution in [2.24, 2.45) is 0 Å². The Balaban J connectivity index is 1.94. The van der Waals surface area contributed by atoms with E-state index in [1.807, 2.05) is 25.7 Å². The molecule has 2 aliphatic rings. The molecule has 0 aromatic carbocycles. The van der Waals surface area contributed by atoms with Crippen molar-refractivity contribution in [3.8, 4) is 0 Å². The van der Waals surface area contributed by atoms with Crippen LogP contribution in [-0.2, 0) is 4.74 Å². The summed E-state index contributed by atoms with van der Waals surface area (Å²) in [6, 6.07) is 0.875. The molecule has 1 heterocycles. The van der Waals surface area contributed by atoms with E-state index in [1.165, 1.54) is 6.42 Å². The van der Waals surface area contributed by atoms with Gasteiger partial charge in [0, 0.05) is 19.1 Å². The van der Waals surface area contributed by atoms with Gasteiger partial charge in [-0.25, -0.2) is 4.79 Å². The number of nitrogens with zero attached hydrogens (tertiary/aromatic N) is 1. The molecule has 0 spiro atoms. The van der Waals surface area contributed by atoms with E-state index in [1.54, 1.807) is 0 Å². The van der Waals surface area contributed by atoms with Crippen LogP contribution in [0.25, 0.3) is 0 Å². The molecule has 0 radical (unpaired) electrons. The molecule has 1 amide bonds. The molecule has 0 unspecified atom stereocenters. The highest BCUT2D eigenvalue weighted by Crippen LogP contribution is 2.29. The number of hydrogen-bond acceptors (Lipinski definition) is 3. The Morgan fingerprint density at radius 1 is 1.40 bits per heavy atom. The first kappa shape index (κ1) is 10.7. The summed E-state index contributed by atoms with van der Waals surface area (Å²) >= 11 is 0. The number of fused-ring (bicyclic) bond motifs is 1. The Hall–Kier alpha value is -0.770. The van der Waals surface area contributed by atoms with Crippen LogP contribution in [0.1, 0.15) is 33.6 Å². The van der Waals surface area contributed by atoms with Gasteiger partial charge in [0.15, 0.2) is 0 Å². The molecule has 2 fully saturated rings. The summed E-state index contributed by atoms with van der Waals surface area (Å²) in [6.07, 6.45) is 2.14. The Bertz CT molecular complexity index is 260. The van der Waals surface area contributed by atoms with Gasteiger partial charge >= 0.3 is 6.09 Å². The molecule has 4 nitrogen and oxygen atoms in total. The van der Waals surface area contributed by atoms with Crippen molar-refractivity contribution in [1.82, 2.24) is 10.2 Å². The summed E-state index contributed by atoms with van der Waals surface area (Å²) < 4.78 is 5.39. The van der Waals surface area contributed by atoms with Gasteiger partial charge in [0.2, 0.25) is 0 Å². The lowest BCUT2D eigenvalue weighted by atomic mass is 9.83. The summed E-state index contributed by atoms with van der Waals surface area (Å²) in [5.41, 5.74) is -0.388. The topological polar surface area (TPSA) is 41.6 Å². The van der Waals surface area contributed by atoms with Crippen LogP contribution in [0.4, 0.5) is 4.79 Å². The molecule has 1 aliphatic heterocycles. The van der Waals surface area contributed by atoms with E-state index < -0.39 is 0 Å². The van der Waals surface area contributed by atoms with E-state index in [-0.39, 0.29) is 11.7 Å². The molecule has 0 bridgehead atoms. The first-order valence-electron chi connectivity index (χ1n) is 5.70. The maximum absolute atomic E-state index is 11.9. The zero-order valence-corrected chi connectivity index (χ0v) is 9.75. The molecule has 2 atom stereocenters. The van der Waals surface area contributed by atoms with Gasteiger partial charge in [-0.3, -0.25) is 0 Å². The van der Waals surface area contributed by atoms with Crippen molar-refractivity contribution in [3.05, 3.63) is 0 Å². The minimum Gasteiger partial charge on any atom is -0.444 e. The predicted octanol–water partition coefficient (Wildman–Crippen LogP) is 1.36. The van der Waals surface area contributed by atoms with Gasteiger partial charge in [0.25, 0.3) is 0 Å². The van der Waals surface area contributed by atoms with Crippen molar-refractivity contribution in [2.45, 2.75) is 51.3 Å². The second-order valence-corrected chi connectivity index (χ2v) is 5.38. The second-order valence-electron chi connectivity index (χ2n) is 5.38. The molecule has 4 heteroatoms.